The number of carbonyl (C=O) groups excluding carboxylic acids is 1. The van der Waals surface area contributed by atoms with Gasteiger partial charge >= 0.3 is 0 Å². The number of imidazole rings is 1. The van der Waals surface area contributed by atoms with E-state index in [1.54, 1.807) is 25.3 Å². The highest BCUT2D eigenvalue weighted by Crippen LogP contribution is 2.20. The van der Waals surface area contributed by atoms with E-state index in [1.807, 2.05) is 54.6 Å². The van der Waals surface area contributed by atoms with E-state index in [1.165, 1.54) is 0 Å². The maximum atomic E-state index is 12.6. The zero-order valence-electron chi connectivity index (χ0n) is 15.6. The molecular weight excluding hydrogens is 350 g/mol. The topological polar surface area (TPSA) is 67.0 Å². The van der Waals surface area contributed by atoms with E-state index in [-0.39, 0.29) is 5.91 Å². The average molecular weight is 371 g/mol. The van der Waals surface area contributed by atoms with Crippen molar-refractivity contribution < 1.29 is 9.53 Å². The lowest BCUT2D eigenvalue weighted by atomic mass is 10.1. The lowest BCUT2D eigenvalue weighted by Gasteiger charge is -2.11. The summed E-state index contributed by atoms with van der Waals surface area (Å²) >= 11 is 0. The van der Waals surface area contributed by atoms with Gasteiger partial charge in [0.05, 0.1) is 18.1 Å². The van der Waals surface area contributed by atoms with Gasteiger partial charge in [0.25, 0.3) is 5.91 Å². The van der Waals surface area contributed by atoms with Crippen molar-refractivity contribution in [3.05, 3.63) is 89.7 Å². The summed E-state index contributed by atoms with van der Waals surface area (Å²) in [5.41, 5.74) is 4.45. The first kappa shape index (κ1) is 17.8. The van der Waals surface area contributed by atoms with Gasteiger partial charge in [-0.15, -0.1) is 0 Å². The Labute approximate surface area is 163 Å². The van der Waals surface area contributed by atoms with Crippen molar-refractivity contribution in [2.45, 2.75) is 12.8 Å². The molecule has 1 amide bonds. The Morgan fingerprint density at radius 2 is 1.82 bits per heavy atom. The number of fused-ring (bicyclic) bond motifs is 1. The number of benzene rings is 3. The summed E-state index contributed by atoms with van der Waals surface area (Å²) in [6, 6.07) is 23.0. The molecule has 0 spiro atoms. The summed E-state index contributed by atoms with van der Waals surface area (Å²) in [7, 11) is 1.59. The summed E-state index contributed by atoms with van der Waals surface area (Å²) in [4.78, 5) is 20.6. The third-order valence-corrected chi connectivity index (χ3v) is 4.67. The highest BCUT2D eigenvalue weighted by Gasteiger charge is 2.11. The molecule has 140 valence electrons. The van der Waals surface area contributed by atoms with E-state index in [4.69, 9.17) is 4.74 Å². The van der Waals surface area contributed by atoms with Crippen molar-refractivity contribution in [1.82, 2.24) is 9.97 Å². The molecule has 0 aliphatic rings. The average Bonchev–Trinajstić information content (AvgIpc) is 3.16. The minimum absolute atomic E-state index is 0.157. The summed E-state index contributed by atoms with van der Waals surface area (Å²) in [6.07, 6.45) is 1.54. The number of para-hydroxylation sites is 3. The van der Waals surface area contributed by atoms with Crippen LogP contribution in [0.15, 0.2) is 72.8 Å². The molecule has 0 saturated heterocycles. The molecule has 1 aromatic heterocycles. The van der Waals surface area contributed by atoms with E-state index in [0.717, 1.165) is 41.0 Å². The van der Waals surface area contributed by atoms with Gasteiger partial charge in [-0.1, -0.05) is 36.4 Å². The van der Waals surface area contributed by atoms with Gasteiger partial charge in [0.15, 0.2) is 0 Å². The minimum Gasteiger partial charge on any atom is -0.497 e. The predicted octanol–water partition coefficient (Wildman–Crippen LogP) is 4.61. The van der Waals surface area contributed by atoms with Crippen molar-refractivity contribution in [2.75, 3.05) is 12.4 Å². The van der Waals surface area contributed by atoms with Gasteiger partial charge in [-0.2, -0.15) is 0 Å². The normalized spacial score (nSPS) is 10.8. The van der Waals surface area contributed by atoms with Crippen LogP contribution < -0.4 is 10.1 Å². The van der Waals surface area contributed by atoms with Gasteiger partial charge in [0.1, 0.15) is 11.6 Å². The monoisotopic (exact) mass is 371 g/mol. The number of amides is 1. The van der Waals surface area contributed by atoms with Crippen molar-refractivity contribution in [1.29, 1.82) is 0 Å². The number of hydrogen-bond acceptors (Lipinski definition) is 3. The van der Waals surface area contributed by atoms with E-state index >= 15 is 0 Å². The lowest BCUT2D eigenvalue weighted by molar-refractivity contribution is 0.102. The standard InChI is InChI=1S/C23H21N3O2/c1-28-18-9-6-8-17(15-18)23(27)26-19-10-3-2-7-16(19)13-14-22-24-20-11-4-5-12-21(20)25-22/h2-12,15H,13-14H2,1H3,(H,24,25)(H,26,27). The molecule has 5 nitrogen and oxygen atoms in total. The first-order chi connectivity index (χ1) is 13.7. The van der Waals surface area contributed by atoms with Gasteiger partial charge in [-0.25, -0.2) is 4.98 Å². The fourth-order valence-electron chi connectivity index (χ4n) is 3.20. The van der Waals surface area contributed by atoms with Gasteiger partial charge in [0.2, 0.25) is 0 Å². The molecule has 0 atom stereocenters. The van der Waals surface area contributed by atoms with Crippen LogP contribution in [0.3, 0.4) is 0 Å². The number of aromatic nitrogens is 2. The summed E-state index contributed by atoms with van der Waals surface area (Å²) in [6.45, 7) is 0. The van der Waals surface area contributed by atoms with Crippen molar-refractivity contribution in [2.24, 2.45) is 0 Å². The fourth-order valence-corrected chi connectivity index (χ4v) is 3.20. The third kappa shape index (κ3) is 3.88. The summed E-state index contributed by atoms with van der Waals surface area (Å²) in [5.74, 6) is 1.44. The Hall–Kier alpha value is -3.60. The van der Waals surface area contributed by atoms with Crippen LogP contribution in [0.4, 0.5) is 5.69 Å². The van der Waals surface area contributed by atoms with Crippen LogP contribution in [0.25, 0.3) is 11.0 Å². The molecule has 2 N–H and O–H groups in total. The molecule has 28 heavy (non-hydrogen) atoms. The van der Waals surface area contributed by atoms with Crippen LogP contribution in [0.1, 0.15) is 21.7 Å². The van der Waals surface area contributed by atoms with Gasteiger partial charge in [-0.05, 0) is 48.4 Å². The Kier molecular flexibility index (Phi) is 5.06. The molecule has 0 fully saturated rings. The first-order valence-electron chi connectivity index (χ1n) is 9.20. The SMILES string of the molecule is COc1cccc(C(=O)Nc2ccccc2CCc2nc3ccccc3[nH]2)c1. The molecule has 0 aliphatic carbocycles. The number of H-pyrrole nitrogens is 1. The zero-order valence-corrected chi connectivity index (χ0v) is 15.6. The molecular formula is C23H21N3O2. The molecule has 4 aromatic rings. The van der Waals surface area contributed by atoms with Crippen LogP contribution in [0, 0.1) is 0 Å². The molecule has 0 radical (unpaired) electrons. The van der Waals surface area contributed by atoms with Crippen LogP contribution >= 0.6 is 0 Å². The van der Waals surface area contributed by atoms with Crippen molar-refractivity contribution in [3.8, 4) is 5.75 Å². The van der Waals surface area contributed by atoms with Crippen LogP contribution in [-0.4, -0.2) is 23.0 Å². The van der Waals surface area contributed by atoms with Crippen molar-refractivity contribution >= 4 is 22.6 Å². The quantitative estimate of drug-likeness (QED) is 0.520. The van der Waals surface area contributed by atoms with E-state index in [0.29, 0.717) is 11.3 Å². The molecule has 0 aliphatic heterocycles. The van der Waals surface area contributed by atoms with Gasteiger partial charge < -0.3 is 15.0 Å². The number of nitrogens with zero attached hydrogens (tertiary/aromatic N) is 1. The molecule has 3 aromatic carbocycles. The number of hydrogen-bond donors (Lipinski definition) is 2. The zero-order chi connectivity index (χ0) is 19.3. The van der Waals surface area contributed by atoms with Gasteiger partial charge in [0, 0.05) is 17.7 Å². The Morgan fingerprint density at radius 3 is 2.68 bits per heavy atom. The number of carbonyl (C=O) groups is 1. The third-order valence-electron chi connectivity index (χ3n) is 4.67. The Balaban J connectivity index is 1.49. The van der Waals surface area contributed by atoms with E-state index in [2.05, 4.69) is 15.3 Å². The molecule has 5 heteroatoms. The highest BCUT2D eigenvalue weighted by molar-refractivity contribution is 6.04. The number of methoxy groups -OCH3 is 1. The molecule has 1 heterocycles. The first-order valence-corrected chi connectivity index (χ1v) is 9.20. The fraction of sp³-hybridized carbons (Fsp3) is 0.130. The molecule has 0 saturated carbocycles. The van der Waals surface area contributed by atoms with E-state index < -0.39 is 0 Å². The highest BCUT2D eigenvalue weighted by atomic mass is 16.5. The second-order valence-electron chi connectivity index (χ2n) is 6.54. The number of aromatic amines is 1. The second kappa shape index (κ2) is 7.96. The molecule has 4 rings (SSSR count). The number of ether oxygens (including phenoxy) is 1. The minimum atomic E-state index is -0.157. The predicted molar refractivity (Wildman–Crippen MR) is 111 cm³/mol. The maximum absolute atomic E-state index is 12.6. The molecule has 0 unspecified atom stereocenters. The summed E-state index contributed by atoms with van der Waals surface area (Å²) < 4.78 is 5.20. The van der Waals surface area contributed by atoms with Crippen LogP contribution in [0.5, 0.6) is 5.75 Å². The largest absolute Gasteiger partial charge is 0.497 e. The molecule has 0 bridgehead atoms. The van der Waals surface area contributed by atoms with Crippen molar-refractivity contribution in [3.63, 3.8) is 0 Å². The van der Waals surface area contributed by atoms with Crippen LogP contribution in [0.2, 0.25) is 0 Å². The summed E-state index contributed by atoms with van der Waals surface area (Å²) in [5, 5.41) is 3.02. The second-order valence-corrected chi connectivity index (χ2v) is 6.54. The Bertz CT molecular complexity index is 1080. The maximum Gasteiger partial charge on any atom is 0.255 e. The number of rotatable bonds is 6. The number of aryl methyl sites for hydroxylation is 2. The smallest absolute Gasteiger partial charge is 0.255 e. The number of nitrogens with one attached hydrogen (secondary N) is 2. The van der Waals surface area contributed by atoms with Gasteiger partial charge in [-0.3, -0.25) is 4.79 Å². The van der Waals surface area contributed by atoms with E-state index in [9.17, 15) is 4.79 Å². The lowest BCUT2D eigenvalue weighted by Crippen LogP contribution is -2.13. The Morgan fingerprint density at radius 1 is 1.00 bits per heavy atom. The number of anilines is 1. The van der Waals surface area contributed by atoms with Crippen LogP contribution in [-0.2, 0) is 12.8 Å².